The normalized spacial score (nSPS) is 10.4. The summed E-state index contributed by atoms with van der Waals surface area (Å²) in [6, 6.07) is 8.38. The van der Waals surface area contributed by atoms with Gasteiger partial charge in [-0.2, -0.15) is 0 Å². The van der Waals surface area contributed by atoms with Gasteiger partial charge in [0.25, 0.3) is 0 Å². The van der Waals surface area contributed by atoms with Gasteiger partial charge in [0.05, 0.1) is 0 Å². The van der Waals surface area contributed by atoms with E-state index in [9.17, 15) is 0 Å². The summed E-state index contributed by atoms with van der Waals surface area (Å²) in [6.45, 7) is 10.3. The molecule has 4 nitrogen and oxygen atoms in total. The molecule has 2 aromatic rings. The van der Waals surface area contributed by atoms with Gasteiger partial charge in [-0.1, -0.05) is 6.07 Å². The number of aromatic nitrogens is 2. The van der Waals surface area contributed by atoms with Gasteiger partial charge in [0.2, 0.25) is 0 Å². The van der Waals surface area contributed by atoms with Crippen LogP contribution < -0.4 is 10.2 Å². The molecule has 4 heteroatoms. The van der Waals surface area contributed by atoms with Gasteiger partial charge in [-0.3, -0.25) is 0 Å². The lowest BCUT2D eigenvalue weighted by Crippen LogP contribution is -2.23. The monoisotopic (exact) mass is 270 g/mol. The Morgan fingerprint density at radius 3 is 2.20 bits per heavy atom. The molecular weight excluding hydrogens is 248 g/mol. The molecule has 1 heterocycles. The van der Waals surface area contributed by atoms with Gasteiger partial charge < -0.3 is 10.2 Å². The molecule has 0 spiro atoms. The maximum atomic E-state index is 4.33. The van der Waals surface area contributed by atoms with Crippen LogP contribution >= 0.6 is 0 Å². The topological polar surface area (TPSA) is 41.0 Å². The zero-order valence-electron chi connectivity index (χ0n) is 12.6. The first-order valence-corrected chi connectivity index (χ1v) is 7.04. The molecule has 106 valence electrons. The molecule has 0 bridgehead atoms. The number of benzene rings is 1. The Morgan fingerprint density at radius 2 is 1.60 bits per heavy atom. The first-order valence-electron chi connectivity index (χ1n) is 7.04. The number of nitrogens with zero attached hydrogens (tertiary/aromatic N) is 3. The summed E-state index contributed by atoms with van der Waals surface area (Å²) >= 11 is 0. The molecule has 0 amide bonds. The van der Waals surface area contributed by atoms with Crippen LogP contribution in [-0.4, -0.2) is 23.1 Å². The molecule has 1 N–H and O–H groups in total. The lowest BCUT2D eigenvalue weighted by molar-refractivity contribution is 0.842. The summed E-state index contributed by atoms with van der Waals surface area (Å²) in [6.07, 6.45) is 1.61. The van der Waals surface area contributed by atoms with Crippen molar-refractivity contribution in [3.05, 3.63) is 41.7 Å². The molecule has 0 atom stereocenters. The molecule has 2 rings (SSSR count). The van der Waals surface area contributed by atoms with Crippen molar-refractivity contribution < 1.29 is 0 Å². The summed E-state index contributed by atoms with van der Waals surface area (Å²) < 4.78 is 0. The van der Waals surface area contributed by atoms with Gasteiger partial charge in [0.15, 0.2) is 0 Å². The Bertz CT molecular complexity index is 556. The van der Waals surface area contributed by atoms with Gasteiger partial charge in [-0.05, 0) is 51.0 Å². The van der Waals surface area contributed by atoms with Crippen molar-refractivity contribution in [3.63, 3.8) is 0 Å². The molecule has 0 aliphatic carbocycles. The number of aryl methyl sites for hydroxylation is 2. The van der Waals surface area contributed by atoms with Crippen molar-refractivity contribution in [3.8, 4) is 0 Å². The SMILES string of the molecule is CCN(CC)c1cc(Nc2cc(C)cc(C)c2)ncn1. The molecule has 1 aromatic carbocycles. The zero-order valence-corrected chi connectivity index (χ0v) is 12.6. The second-order valence-electron chi connectivity index (χ2n) is 4.94. The molecule has 0 unspecified atom stereocenters. The van der Waals surface area contributed by atoms with E-state index in [1.807, 2.05) is 6.07 Å². The second kappa shape index (κ2) is 6.37. The summed E-state index contributed by atoms with van der Waals surface area (Å²) in [5.74, 6) is 1.78. The van der Waals surface area contributed by atoms with Crippen LogP contribution in [0.15, 0.2) is 30.6 Å². The molecule has 0 saturated heterocycles. The van der Waals surface area contributed by atoms with Gasteiger partial charge in [0.1, 0.15) is 18.0 Å². The molecule has 0 aliphatic rings. The van der Waals surface area contributed by atoms with Crippen LogP contribution in [0.1, 0.15) is 25.0 Å². The number of rotatable bonds is 5. The summed E-state index contributed by atoms with van der Waals surface area (Å²) in [4.78, 5) is 10.8. The van der Waals surface area contributed by atoms with Crippen molar-refractivity contribution >= 4 is 17.3 Å². The van der Waals surface area contributed by atoms with Crippen LogP contribution in [0, 0.1) is 13.8 Å². The Hall–Kier alpha value is -2.10. The van der Waals surface area contributed by atoms with E-state index in [-0.39, 0.29) is 0 Å². The third-order valence-electron chi connectivity index (χ3n) is 3.23. The second-order valence-corrected chi connectivity index (χ2v) is 4.94. The van der Waals surface area contributed by atoms with E-state index in [1.54, 1.807) is 6.33 Å². The smallest absolute Gasteiger partial charge is 0.135 e. The van der Waals surface area contributed by atoms with Crippen LogP contribution in [0.4, 0.5) is 17.3 Å². The fraction of sp³-hybridized carbons (Fsp3) is 0.375. The molecular formula is C16H22N4. The number of hydrogen-bond acceptors (Lipinski definition) is 4. The largest absolute Gasteiger partial charge is 0.357 e. The van der Waals surface area contributed by atoms with Crippen molar-refractivity contribution in [2.45, 2.75) is 27.7 Å². The lowest BCUT2D eigenvalue weighted by Gasteiger charge is -2.20. The van der Waals surface area contributed by atoms with E-state index in [0.717, 1.165) is 30.4 Å². The summed E-state index contributed by atoms with van der Waals surface area (Å²) in [5.41, 5.74) is 3.54. The highest BCUT2D eigenvalue weighted by Gasteiger charge is 2.05. The van der Waals surface area contributed by atoms with Gasteiger partial charge >= 0.3 is 0 Å². The van der Waals surface area contributed by atoms with Crippen LogP contribution in [0.3, 0.4) is 0 Å². The van der Waals surface area contributed by atoms with Crippen molar-refractivity contribution in [1.29, 1.82) is 0 Å². The van der Waals surface area contributed by atoms with Gasteiger partial charge in [-0.25, -0.2) is 9.97 Å². The minimum absolute atomic E-state index is 0.826. The first-order chi connectivity index (χ1) is 9.62. The Balaban J connectivity index is 2.23. The predicted octanol–water partition coefficient (Wildman–Crippen LogP) is 3.68. The maximum Gasteiger partial charge on any atom is 0.135 e. The fourth-order valence-corrected chi connectivity index (χ4v) is 2.33. The van der Waals surface area contributed by atoms with Gasteiger partial charge in [-0.15, -0.1) is 0 Å². The lowest BCUT2D eigenvalue weighted by atomic mass is 10.1. The van der Waals surface area contributed by atoms with E-state index in [0.29, 0.717) is 0 Å². The molecule has 20 heavy (non-hydrogen) atoms. The minimum Gasteiger partial charge on any atom is -0.357 e. The highest BCUT2D eigenvalue weighted by atomic mass is 15.2. The third kappa shape index (κ3) is 3.47. The average molecular weight is 270 g/mol. The molecule has 1 aromatic heterocycles. The maximum absolute atomic E-state index is 4.33. The number of nitrogens with one attached hydrogen (secondary N) is 1. The standard InChI is InChI=1S/C16H22N4/c1-5-20(6-2)16-10-15(17-11-18-16)19-14-8-12(3)7-13(4)9-14/h7-11H,5-6H2,1-4H3,(H,17,18,19). The Morgan fingerprint density at radius 1 is 0.950 bits per heavy atom. The molecule has 0 saturated carbocycles. The van der Waals surface area contributed by atoms with Crippen molar-refractivity contribution in [2.75, 3.05) is 23.3 Å². The van der Waals surface area contributed by atoms with E-state index in [1.165, 1.54) is 11.1 Å². The highest BCUT2D eigenvalue weighted by molar-refractivity contribution is 5.60. The van der Waals surface area contributed by atoms with E-state index in [4.69, 9.17) is 0 Å². The van der Waals surface area contributed by atoms with E-state index >= 15 is 0 Å². The Kier molecular flexibility index (Phi) is 4.56. The average Bonchev–Trinajstić information content (AvgIpc) is 2.39. The molecule has 0 fully saturated rings. The van der Waals surface area contributed by atoms with Gasteiger partial charge in [0, 0.05) is 24.8 Å². The van der Waals surface area contributed by atoms with Crippen LogP contribution in [0.2, 0.25) is 0 Å². The third-order valence-corrected chi connectivity index (χ3v) is 3.23. The predicted molar refractivity (Wildman–Crippen MR) is 84.8 cm³/mol. The number of anilines is 3. The highest BCUT2D eigenvalue weighted by Crippen LogP contribution is 2.20. The zero-order chi connectivity index (χ0) is 14.5. The minimum atomic E-state index is 0.826. The number of hydrogen-bond donors (Lipinski definition) is 1. The molecule has 0 aliphatic heterocycles. The van der Waals surface area contributed by atoms with Crippen LogP contribution in [0.25, 0.3) is 0 Å². The fourth-order valence-electron chi connectivity index (χ4n) is 2.33. The van der Waals surface area contributed by atoms with Crippen molar-refractivity contribution in [2.24, 2.45) is 0 Å². The quantitative estimate of drug-likeness (QED) is 0.899. The van der Waals surface area contributed by atoms with E-state index < -0.39 is 0 Å². The Labute approximate surface area is 120 Å². The summed E-state index contributed by atoms with van der Waals surface area (Å²) in [7, 11) is 0. The first kappa shape index (κ1) is 14.3. The van der Waals surface area contributed by atoms with Crippen LogP contribution in [0.5, 0.6) is 0 Å². The summed E-state index contributed by atoms with van der Waals surface area (Å²) in [5, 5.41) is 3.35. The van der Waals surface area contributed by atoms with Crippen LogP contribution in [-0.2, 0) is 0 Å². The van der Waals surface area contributed by atoms with E-state index in [2.05, 4.69) is 66.1 Å². The molecule has 0 radical (unpaired) electrons. The van der Waals surface area contributed by atoms with Crippen molar-refractivity contribution in [1.82, 2.24) is 9.97 Å².